The molecule has 1 aromatic carbocycles. The number of para-hydroxylation sites is 1. The van der Waals surface area contributed by atoms with Crippen molar-refractivity contribution in [1.82, 2.24) is 0 Å². The Morgan fingerprint density at radius 2 is 2.05 bits per heavy atom. The van der Waals surface area contributed by atoms with Crippen LogP contribution in [0.3, 0.4) is 0 Å². The van der Waals surface area contributed by atoms with Gasteiger partial charge < -0.3 is 15.1 Å². The number of hydrogen-bond donors (Lipinski definition) is 1. The highest BCUT2D eigenvalue weighted by Crippen LogP contribution is 2.32. The van der Waals surface area contributed by atoms with Crippen molar-refractivity contribution in [2.24, 2.45) is 5.73 Å². The molecule has 0 fully saturated rings. The zero-order chi connectivity index (χ0) is 15.2. The smallest absolute Gasteiger partial charge is 0.123 e. The van der Waals surface area contributed by atoms with E-state index in [1.165, 1.54) is 5.56 Å². The van der Waals surface area contributed by atoms with Gasteiger partial charge in [-0.1, -0.05) is 30.7 Å². The van der Waals surface area contributed by atoms with Gasteiger partial charge in [0.2, 0.25) is 0 Å². The molecular formula is C17H23ClN2O. The number of nitrogens with zero attached hydrogens (tertiary/aromatic N) is 1. The first-order valence-electron chi connectivity index (χ1n) is 7.46. The average Bonchev–Trinajstić information content (AvgIpc) is 2.98. The Hall–Kier alpha value is -1.45. The molecule has 0 aliphatic carbocycles. The summed E-state index contributed by atoms with van der Waals surface area (Å²) in [6.45, 7) is 5.80. The van der Waals surface area contributed by atoms with Gasteiger partial charge in [0.1, 0.15) is 5.76 Å². The largest absolute Gasteiger partial charge is 0.467 e. The van der Waals surface area contributed by atoms with Crippen molar-refractivity contribution < 1.29 is 4.42 Å². The highest BCUT2D eigenvalue weighted by Gasteiger charge is 2.16. The van der Waals surface area contributed by atoms with E-state index in [1.807, 2.05) is 24.3 Å². The minimum Gasteiger partial charge on any atom is -0.467 e. The second kappa shape index (κ2) is 7.53. The number of nitrogens with two attached hydrogens (primary N) is 1. The van der Waals surface area contributed by atoms with E-state index < -0.39 is 0 Å². The molecule has 0 bridgehead atoms. The highest BCUT2D eigenvalue weighted by atomic mass is 35.5. The standard InChI is InChI=1S/C17H23ClN2O/c1-3-14(19)11-13-7-5-9-16(18)17(13)20(4-2)12-15-8-6-10-21-15/h5-10,14H,3-4,11-12,19H2,1-2H3. The van der Waals surface area contributed by atoms with Crippen LogP contribution in [0.5, 0.6) is 0 Å². The first-order chi connectivity index (χ1) is 10.2. The Morgan fingerprint density at radius 3 is 2.67 bits per heavy atom. The summed E-state index contributed by atoms with van der Waals surface area (Å²) in [5.74, 6) is 0.933. The number of hydrogen-bond acceptors (Lipinski definition) is 3. The van der Waals surface area contributed by atoms with Gasteiger partial charge in [-0.05, 0) is 43.5 Å². The fourth-order valence-electron chi connectivity index (χ4n) is 2.45. The molecule has 0 saturated carbocycles. The second-order valence-electron chi connectivity index (χ2n) is 5.21. The lowest BCUT2D eigenvalue weighted by atomic mass is 10.0. The molecule has 0 radical (unpaired) electrons. The molecule has 2 N–H and O–H groups in total. The van der Waals surface area contributed by atoms with Gasteiger partial charge in [0, 0.05) is 12.6 Å². The molecule has 2 aromatic rings. The van der Waals surface area contributed by atoms with E-state index in [0.717, 1.165) is 35.9 Å². The maximum atomic E-state index is 6.46. The monoisotopic (exact) mass is 306 g/mol. The summed E-state index contributed by atoms with van der Waals surface area (Å²) in [7, 11) is 0. The van der Waals surface area contributed by atoms with E-state index in [-0.39, 0.29) is 6.04 Å². The van der Waals surface area contributed by atoms with Gasteiger partial charge in [0.15, 0.2) is 0 Å². The van der Waals surface area contributed by atoms with Crippen molar-refractivity contribution in [3.8, 4) is 0 Å². The maximum Gasteiger partial charge on any atom is 0.123 e. The lowest BCUT2D eigenvalue weighted by molar-refractivity contribution is 0.503. The van der Waals surface area contributed by atoms with Gasteiger partial charge in [0.05, 0.1) is 23.5 Å². The van der Waals surface area contributed by atoms with Crippen LogP contribution in [0.25, 0.3) is 0 Å². The second-order valence-corrected chi connectivity index (χ2v) is 5.62. The molecular weight excluding hydrogens is 284 g/mol. The van der Waals surface area contributed by atoms with E-state index in [0.29, 0.717) is 6.54 Å². The molecule has 0 aliphatic heterocycles. The number of furan rings is 1. The molecule has 1 heterocycles. The quantitative estimate of drug-likeness (QED) is 0.832. The number of anilines is 1. The highest BCUT2D eigenvalue weighted by molar-refractivity contribution is 6.33. The SMILES string of the molecule is CCC(N)Cc1cccc(Cl)c1N(CC)Cc1ccco1. The van der Waals surface area contributed by atoms with Crippen molar-refractivity contribution in [3.05, 3.63) is 52.9 Å². The summed E-state index contributed by atoms with van der Waals surface area (Å²) < 4.78 is 5.46. The van der Waals surface area contributed by atoms with Gasteiger partial charge in [-0.25, -0.2) is 0 Å². The van der Waals surface area contributed by atoms with Crippen LogP contribution in [-0.2, 0) is 13.0 Å². The van der Waals surface area contributed by atoms with Crippen molar-refractivity contribution in [3.63, 3.8) is 0 Å². The number of rotatable bonds is 7. The summed E-state index contributed by atoms with van der Waals surface area (Å²) in [5.41, 5.74) is 8.39. The molecule has 0 amide bonds. The zero-order valence-electron chi connectivity index (χ0n) is 12.7. The normalized spacial score (nSPS) is 12.4. The maximum absolute atomic E-state index is 6.46. The Morgan fingerprint density at radius 1 is 1.24 bits per heavy atom. The third kappa shape index (κ3) is 4.02. The summed E-state index contributed by atoms with van der Waals surface area (Å²) in [4.78, 5) is 2.24. The van der Waals surface area contributed by atoms with Crippen LogP contribution >= 0.6 is 11.6 Å². The molecule has 1 atom stereocenters. The first kappa shape index (κ1) is 15.9. The lowest BCUT2D eigenvalue weighted by Crippen LogP contribution is -2.26. The first-order valence-corrected chi connectivity index (χ1v) is 7.83. The predicted molar refractivity (Wildman–Crippen MR) is 88.9 cm³/mol. The number of benzene rings is 1. The molecule has 4 heteroatoms. The molecule has 21 heavy (non-hydrogen) atoms. The van der Waals surface area contributed by atoms with Gasteiger partial charge in [-0.3, -0.25) is 0 Å². The van der Waals surface area contributed by atoms with Crippen molar-refractivity contribution in [2.45, 2.75) is 39.3 Å². The zero-order valence-corrected chi connectivity index (χ0v) is 13.4. The van der Waals surface area contributed by atoms with E-state index in [2.05, 4.69) is 24.8 Å². The van der Waals surface area contributed by atoms with Crippen molar-refractivity contribution in [1.29, 1.82) is 0 Å². The van der Waals surface area contributed by atoms with E-state index in [1.54, 1.807) is 6.26 Å². The summed E-state index contributed by atoms with van der Waals surface area (Å²) in [6.07, 6.45) is 3.49. The Balaban J connectivity index is 2.30. The average molecular weight is 307 g/mol. The number of halogens is 1. The van der Waals surface area contributed by atoms with Crippen LogP contribution in [-0.4, -0.2) is 12.6 Å². The summed E-state index contributed by atoms with van der Waals surface area (Å²) >= 11 is 6.46. The fourth-order valence-corrected chi connectivity index (χ4v) is 2.76. The molecule has 1 unspecified atom stereocenters. The van der Waals surface area contributed by atoms with E-state index >= 15 is 0 Å². The third-order valence-corrected chi connectivity index (χ3v) is 4.01. The Labute approximate surface area is 131 Å². The Bertz CT molecular complexity index is 554. The lowest BCUT2D eigenvalue weighted by Gasteiger charge is -2.27. The van der Waals surface area contributed by atoms with Crippen LogP contribution in [0.1, 0.15) is 31.6 Å². The van der Waals surface area contributed by atoms with Crippen LogP contribution < -0.4 is 10.6 Å². The molecule has 0 saturated heterocycles. The predicted octanol–water partition coefficient (Wildman–Crippen LogP) is 4.24. The van der Waals surface area contributed by atoms with E-state index in [4.69, 9.17) is 21.8 Å². The molecule has 1 aromatic heterocycles. The Kier molecular flexibility index (Phi) is 5.71. The van der Waals surface area contributed by atoms with Gasteiger partial charge in [-0.2, -0.15) is 0 Å². The van der Waals surface area contributed by atoms with E-state index in [9.17, 15) is 0 Å². The van der Waals surface area contributed by atoms with Gasteiger partial charge in [0.25, 0.3) is 0 Å². The van der Waals surface area contributed by atoms with Crippen LogP contribution in [0.4, 0.5) is 5.69 Å². The minimum atomic E-state index is 0.157. The topological polar surface area (TPSA) is 42.4 Å². The molecule has 3 nitrogen and oxygen atoms in total. The molecule has 0 spiro atoms. The molecule has 114 valence electrons. The minimum absolute atomic E-state index is 0.157. The molecule has 2 rings (SSSR count). The van der Waals surface area contributed by atoms with Crippen LogP contribution in [0, 0.1) is 0 Å². The van der Waals surface area contributed by atoms with Crippen LogP contribution in [0.2, 0.25) is 5.02 Å². The van der Waals surface area contributed by atoms with Crippen molar-refractivity contribution >= 4 is 17.3 Å². The van der Waals surface area contributed by atoms with Gasteiger partial charge in [-0.15, -0.1) is 0 Å². The van der Waals surface area contributed by atoms with Gasteiger partial charge >= 0.3 is 0 Å². The van der Waals surface area contributed by atoms with Crippen LogP contribution in [0.15, 0.2) is 41.0 Å². The third-order valence-electron chi connectivity index (χ3n) is 3.70. The molecule has 0 aliphatic rings. The van der Waals surface area contributed by atoms with Crippen molar-refractivity contribution in [2.75, 3.05) is 11.4 Å². The summed E-state index contributed by atoms with van der Waals surface area (Å²) in [5, 5.41) is 0.768. The fraction of sp³-hybridized carbons (Fsp3) is 0.412. The summed E-state index contributed by atoms with van der Waals surface area (Å²) in [6, 6.07) is 10.1.